The first-order chi connectivity index (χ1) is 9.84. The van der Waals surface area contributed by atoms with Gasteiger partial charge in [0, 0.05) is 18.2 Å². The lowest BCUT2D eigenvalue weighted by Crippen LogP contribution is -2.38. The zero-order valence-electron chi connectivity index (χ0n) is 11.7. The molecule has 108 valence electrons. The summed E-state index contributed by atoms with van der Waals surface area (Å²) in [6.07, 6.45) is 4.82. The summed E-state index contributed by atoms with van der Waals surface area (Å²) in [7, 11) is 0. The lowest BCUT2D eigenvalue weighted by Gasteiger charge is -2.23. The fourth-order valence-corrected chi connectivity index (χ4v) is 3.04. The molecule has 2 atom stereocenters. The molecule has 4 nitrogen and oxygen atoms in total. The van der Waals surface area contributed by atoms with Gasteiger partial charge in [0.1, 0.15) is 18.3 Å². The second kappa shape index (κ2) is 6.27. The van der Waals surface area contributed by atoms with E-state index in [9.17, 15) is 4.79 Å². The van der Waals surface area contributed by atoms with E-state index in [4.69, 9.17) is 4.74 Å². The van der Waals surface area contributed by atoms with Crippen LogP contribution in [-0.4, -0.2) is 31.6 Å². The molecular formula is C16H22N2O2. The van der Waals surface area contributed by atoms with Gasteiger partial charge in [0.25, 0.3) is 0 Å². The van der Waals surface area contributed by atoms with E-state index in [0.29, 0.717) is 12.6 Å². The summed E-state index contributed by atoms with van der Waals surface area (Å²) >= 11 is 0. The van der Waals surface area contributed by atoms with Gasteiger partial charge in [0.15, 0.2) is 0 Å². The summed E-state index contributed by atoms with van der Waals surface area (Å²) in [5, 5.41) is 6.56. The van der Waals surface area contributed by atoms with Crippen LogP contribution in [0.15, 0.2) is 24.3 Å². The van der Waals surface area contributed by atoms with Gasteiger partial charge in [0.05, 0.1) is 0 Å². The van der Waals surface area contributed by atoms with Gasteiger partial charge in [-0.15, -0.1) is 0 Å². The number of benzene rings is 1. The third kappa shape index (κ3) is 2.96. The van der Waals surface area contributed by atoms with Crippen molar-refractivity contribution in [2.24, 2.45) is 0 Å². The summed E-state index contributed by atoms with van der Waals surface area (Å²) in [6, 6.07) is 8.37. The van der Waals surface area contributed by atoms with Crippen LogP contribution in [0.3, 0.4) is 0 Å². The van der Waals surface area contributed by atoms with Gasteiger partial charge in [0.2, 0.25) is 5.91 Å². The molecule has 0 radical (unpaired) electrons. The Morgan fingerprint density at radius 1 is 1.35 bits per heavy atom. The molecule has 1 fully saturated rings. The van der Waals surface area contributed by atoms with Crippen LogP contribution < -0.4 is 15.4 Å². The Hall–Kier alpha value is -1.55. The number of hydrogen-bond donors (Lipinski definition) is 2. The molecule has 2 aliphatic rings. The number of rotatable bonds is 4. The zero-order valence-corrected chi connectivity index (χ0v) is 11.7. The molecule has 0 aliphatic carbocycles. The van der Waals surface area contributed by atoms with Crippen LogP contribution >= 0.6 is 0 Å². The van der Waals surface area contributed by atoms with Crippen molar-refractivity contribution in [2.75, 3.05) is 19.7 Å². The molecule has 1 aromatic rings. The first-order valence-electron chi connectivity index (χ1n) is 7.57. The van der Waals surface area contributed by atoms with E-state index in [2.05, 4.69) is 10.6 Å². The number of hydrogen-bond acceptors (Lipinski definition) is 3. The summed E-state index contributed by atoms with van der Waals surface area (Å²) < 4.78 is 5.56. The van der Waals surface area contributed by atoms with Crippen LogP contribution in [0.1, 0.15) is 37.2 Å². The van der Waals surface area contributed by atoms with Crippen molar-refractivity contribution in [1.29, 1.82) is 0 Å². The maximum atomic E-state index is 12.2. The van der Waals surface area contributed by atoms with Crippen molar-refractivity contribution >= 4 is 5.91 Å². The molecular weight excluding hydrogens is 252 g/mol. The molecule has 0 spiro atoms. The molecule has 3 rings (SSSR count). The Morgan fingerprint density at radius 3 is 3.10 bits per heavy atom. The monoisotopic (exact) mass is 274 g/mol. The third-order valence-corrected chi connectivity index (χ3v) is 4.22. The number of piperidine rings is 1. The molecule has 1 aromatic carbocycles. The quantitative estimate of drug-likeness (QED) is 0.880. The normalized spacial score (nSPS) is 24.8. The average molecular weight is 274 g/mol. The van der Waals surface area contributed by atoms with E-state index in [1.54, 1.807) is 0 Å². The first kappa shape index (κ1) is 13.4. The van der Waals surface area contributed by atoms with Crippen molar-refractivity contribution in [1.82, 2.24) is 10.6 Å². The third-order valence-electron chi connectivity index (χ3n) is 4.22. The van der Waals surface area contributed by atoms with Crippen molar-refractivity contribution in [3.8, 4) is 5.75 Å². The minimum absolute atomic E-state index is 0.0887. The number of nitrogens with one attached hydrogen (secondary N) is 2. The Balaban J connectivity index is 1.48. The standard InChI is InChI=1S/C16H22N2O2/c19-16(18-10-8-12-5-3-4-9-17-12)14-11-20-15-7-2-1-6-13(14)15/h1-2,6-7,12,14,17H,3-5,8-11H2,(H,18,19). The first-order valence-corrected chi connectivity index (χ1v) is 7.57. The Morgan fingerprint density at radius 2 is 2.25 bits per heavy atom. The highest BCUT2D eigenvalue weighted by Gasteiger charge is 2.29. The van der Waals surface area contributed by atoms with Crippen LogP contribution in [0.25, 0.3) is 0 Å². The second-order valence-corrected chi connectivity index (χ2v) is 5.63. The molecule has 2 heterocycles. The average Bonchev–Trinajstić information content (AvgIpc) is 2.92. The van der Waals surface area contributed by atoms with Gasteiger partial charge in [-0.1, -0.05) is 24.6 Å². The molecule has 0 aromatic heterocycles. The molecule has 2 N–H and O–H groups in total. The minimum atomic E-state index is -0.148. The number of carbonyl (C=O) groups is 1. The molecule has 0 saturated carbocycles. The van der Waals surface area contributed by atoms with E-state index in [1.807, 2.05) is 24.3 Å². The van der Waals surface area contributed by atoms with Gasteiger partial charge in [-0.2, -0.15) is 0 Å². The zero-order chi connectivity index (χ0) is 13.8. The predicted molar refractivity (Wildman–Crippen MR) is 77.9 cm³/mol. The molecule has 20 heavy (non-hydrogen) atoms. The van der Waals surface area contributed by atoms with Crippen molar-refractivity contribution < 1.29 is 9.53 Å². The summed E-state index contributed by atoms with van der Waals surface area (Å²) in [5.74, 6) is 0.790. The van der Waals surface area contributed by atoms with Crippen LogP contribution in [0.4, 0.5) is 0 Å². The molecule has 1 amide bonds. The highest BCUT2D eigenvalue weighted by molar-refractivity contribution is 5.85. The molecule has 1 saturated heterocycles. The number of amides is 1. The lowest BCUT2D eigenvalue weighted by molar-refractivity contribution is -0.122. The largest absolute Gasteiger partial charge is 0.492 e. The van der Waals surface area contributed by atoms with Crippen LogP contribution in [-0.2, 0) is 4.79 Å². The van der Waals surface area contributed by atoms with Crippen molar-refractivity contribution in [2.45, 2.75) is 37.6 Å². The van der Waals surface area contributed by atoms with Crippen molar-refractivity contribution in [3.63, 3.8) is 0 Å². The van der Waals surface area contributed by atoms with E-state index in [-0.39, 0.29) is 11.8 Å². The van der Waals surface area contributed by atoms with Gasteiger partial charge >= 0.3 is 0 Å². The number of carbonyl (C=O) groups excluding carboxylic acids is 1. The van der Waals surface area contributed by atoms with Gasteiger partial charge in [-0.3, -0.25) is 4.79 Å². The molecule has 4 heteroatoms. The lowest BCUT2D eigenvalue weighted by atomic mass is 10.00. The van der Waals surface area contributed by atoms with Crippen molar-refractivity contribution in [3.05, 3.63) is 29.8 Å². The van der Waals surface area contributed by atoms with E-state index in [1.165, 1.54) is 19.3 Å². The summed E-state index contributed by atoms with van der Waals surface area (Å²) in [5.41, 5.74) is 1.01. The Bertz CT molecular complexity index is 469. The topological polar surface area (TPSA) is 50.4 Å². The molecule has 2 aliphatic heterocycles. The van der Waals surface area contributed by atoms with Gasteiger partial charge in [-0.05, 0) is 31.9 Å². The smallest absolute Gasteiger partial charge is 0.231 e. The molecule has 0 bridgehead atoms. The van der Waals surface area contributed by atoms with Crippen LogP contribution in [0.5, 0.6) is 5.75 Å². The van der Waals surface area contributed by atoms with Crippen LogP contribution in [0, 0.1) is 0 Å². The fourth-order valence-electron chi connectivity index (χ4n) is 3.04. The predicted octanol–water partition coefficient (Wildman–Crippen LogP) is 1.81. The van der Waals surface area contributed by atoms with Gasteiger partial charge < -0.3 is 15.4 Å². The summed E-state index contributed by atoms with van der Waals surface area (Å²) in [4.78, 5) is 12.2. The highest BCUT2D eigenvalue weighted by Crippen LogP contribution is 2.33. The fraction of sp³-hybridized carbons (Fsp3) is 0.562. The number of fused-ring (bicyclic) bond motifs is 1. The van der Waals surface area contributed by atoms with E-state index >= 15 is 0 Å². The second-order valence-electron chi connectivity index (χ2n) is 5.63. The minimum Gasteiger partial charge on any atom is -0.492 e. The SMILES string of the molecule is O=C(NCCC1CCCCN1)C1COc2ccccc21. The number of para-hydroxylation sites is 1. The van der Waals surface area contributed by atoms with Gasteiger partial charge in [-0.25, -0.2) is 0 Å². The maximum absolute atomic E-state index is 12.2. The van der Waals surface area contributed by atoms with E-state index in [0.717, 1.165) is 30.8 Å². The summed E-state index contributed by atoms with van der Waals surface area (Å²) in [6.45, 7) is 2.32. The molecule has 2 unspecified atom stereocenters. The Labute approximate surface area is 119 Å². The maximum Gasteiger partial charge on any atom is 0.231 e. The number of ether oxygens (including phenoxy) is 1. The van der Waals surface area contributed by atoms with Crippen LogP contribution in [0.2, 0.25) is 0 Å². The van der Waals surface area contributed by atoms with E-state index < -0.39 is 0 Å². The Kier molecular flexibility index (Phi) is 4.21. The highest BCUT2D eigenvalue weighted by atomic mass is 16.5.